The highest BCUT2D eigenvalue weighted by atomic mass is 16.5. The van der Waals surface area contributed by atoms with Gasteiger partial charge in [0.15, 0.2) is 0 Å². The first kappa shape index (κ1) is 10.4. The smallest absolute Gasteiger partial charge is 0.344 e. The van der Waals surface area contributed by atoms with E-state index in [4.69, 9.17) is 9.47 Å². The van der Waals surface area contributed by atoms with Gasteiger partial charge < -0.3 is 9.47 Å². The third kappa shape index (κ3) is 1.82. The van der Waals surface area contributed by atoms with Gasteiger partial charge in [0.05, 0.1) is 12.2 Å². The highest BCUT2D eigenvalue weighted by Crippen LogP contribution is 2.33. The van der Waals surface area contributed by atoms with Crippen LogP contribution in [0.3, 0.4) is 0 Å². The maximum absolute atomic E-state index is 11.5. The Balaban J connectivity index is 2.35. The van der Waals surface area contributed by atoms with Crippen molar-refractivity contribution in [2.24, 2.45) is 0 Å². The topological polar surface area (TPSA) is 52.6 Å². The average molecular weight is 218 g/mol. The van der Waals surface area contributed by atoms with Crippen molar-refractivity contribution in [1.82, 2.24) is 0 Å². The molecule has 1 aromatic carbocycles. The van der Waals surface area contributed by atoms with Gasteiger partial charge >= 0.3 is 11.9 Å². The molecular weight excluding hydrogens is 208 g/mol. The first-order valence-electron chi connectivity index (χ1n) is 4.92. The summed E-state index contributed by atoms with van der Waals surface area (Å²) in [7, 11) is 0. The number of hydrogen-bond donors (Lipinski definition) is 0. The Morgan fingerprint density at radius 2 is 2.19 bits per heavy atom. The van der Waals surface area contributed by atoms with Crippen LogP contribution in [0.1, 0.15) is 12.5 Å². The molecule has 0 radical (unpaired) electrons. The zero-order valence-electron chi connectivity index (χ0n) is 8.73. The van der Waals surface area contributed by atoms with E-state index in [1.807, 2.05) is 0 Å². The summed E-state index contributed by atoms with van der Waals surface area (Å²) in [5, 5.41) is 0. The molecule has 0 aromatic heterocycles. The fourth-order valence-electron chi connectivity index (χ4n) is 1.48. The molecular formula is C12H10O4. The highest BCUT2D eigenvalue weighted by Gasteiger charge is 2.27. The molecule has 0 saturated carbocycles. The monoisotopic (exact) mass is 218 g/mol. The summed E-state index contributed by atoms with van der Waals surface area (Å²) in [5.41, 5.74) is 0.870. The molecule has 0 saturated heterocycles. The van der Waals surface area contributed by atoms with Gasteiger partial charge in [-0.2, -0.15) is 0 Å². The van der Waals surface area contributed by atoms with E-state index in [-0.39, 0.29) is 12.2 Å². The SMILES string of the molecule is CCOC(=O)/C=C1/C(=O)Oc2ccccc21. The molecule has 4 heteroatoms. The van der Waals surface area contributed by atoms with E-state index >= 15 is 0 Å². The summed E-state index contributed by atoms with van der Waals surface area (Å²) in [6.07, 6.45) is 1.16. The van der Waals surface area contributed by atoms with Gasteiger partial charge in [-0.25, -0.2) is 9.59 Å². The Kier molecular flexibility index (Phi) is 2.72. The lowest BCUT2D eigenvalue weighted by Gasteiger charge is -1.96. The van der Waals surface area contributed by atoms with Crippen molar-refractivity contribution in [2.75, 3.05) is 6.61 Å². The molecule has 1 aliphatic rings. The van der Waals surface area contributed by atoms with Crippen LogP contribution in [0.15, 0.2) is 30.3 Å². The second kappa shape index (κ2) is 4.18. The fourth-order valence-corrected chi connectivity index (χ4v) is 1.48. The number of carbonyl (C=O) groups is 2. The van der Waals surface area contributed by atoms with E-state index in [1.54, 1.807) is 31.2 Å². The molecule has 0 bridgehead atoms. The van der Waals surface area contributed by atoms with Crippen molar-refractivity contribution >= 4 is 17.5 Å². The Labute approximate surface area is 92.5 Å². The summed E-state index contributed by atoms with van der Waals surface area (Å²) in [6, 6.07) is 6.95. The number of carbonyl (C=O) groups excluding carboxylic acids is 2. The maximum Gasteiger partial charge on any atom is 0.344 e. The van der Waals surface area contributed by atoms with Crippen LogP contribution in [0.25, 0.3) is 5.57 Å². The molecule has 0 amide bonds. The van der Waals surface area contributed by atoms with Gasteiger partial charge in [-0.1, -0.05) is 18.2 Å². The van der Waals surface area contributed by atoms with Crippen LogP contribution >= 0.6 is 0 Å². The van der Waals surface area contributed by atoms with Gasteiger partial charge in [0.2, 0.25) is 0 Å². The van der Waals surface area contributed by atoms with Crippen LogP contribution in [0, 0.1) is 0 Å². The van der Waals surface area contributed by atoms with E-state index in [0.717, 1.165) is 6.08 Å². The lowest BCUT2D eigenvalue weighted by Crippen LogP contribution is -2.05. The number of hydrogen-bond acceptors (Lipinski definition) is 4. The van der Waals surface area contributed by atoms with Gasteiger partial charge in [0, 0.05) is 11.6 Å². The third-order valence-electron chi connectivity index (χ3n) is 2.15. The summed E-state index contributed by atoms with van der Waals surface area (Å²) in [4.78, 5) is 22.7. The van der Waals surface area contributed by atoms with Crippen LogP contribution in [0.5, 0.6) is 5.75 Å². The van der Waals surface area contributed by atoms with Crippen molar-refractivity contribution in [3.8, 4) is 5.75 Å². The predicted molar refractivity (Wildman–Crippen MR) is 56.7 cm³/mol. The Morgan fingerprint density at radius 1 is 1.44 bits per heavy atom. The van der Waals surface area contributed by atoms with Crippen molar-refractivity contribution in [2.45, 2.75) is 6.92 Å². The molecule has 2 rings (SSSR count). The minimum atomic E-state index is -0.536. The van der Waals surface area contributed by atoms with Crippen LogP contribution in [-0.4, -0.2) is 18.5 Å². The van der Waals surface area contributed by atoms with Gasteiger partial charge in [0.1, 0.15) is 5.75 Å². The Bertz CT molecular complexity index is 474. The number of para-hydroxylation sites is 1. The van der Waals surface area contributed by atoms with Crippen LogP contribution in [-0.2, 0) is 14.3 Å². The first-order valence-corrected chi connectivity index (χ1v) is 4.92. The quantitative estimate of drug-likeness (QED) is 0.429. The fraction of sp³-hybridized carbons (Fsp3) is 0.167. The van der Waals surface area contributed by atoms with Crippen molar-refractivity contribution in [3.05, 3.63) is 35.9 Å². The number of fused-ring (bicyclic) bond motifs is 1. The molecule has 4 nitrogen and oxygen atoms in total. The van der Waals surface area contributed by atoms with Crippen LogP contribution in [0.4, 0.5) is 0 Å². The maximum atomic E-state index is 11.5. The van der Waals surface area contributed by atoms with Crippen molar-refractivity contribution in [3.63, 3.8) is 0 Å². The highest BCUT2D eigenvalue weighted by molar-refractivity contribution is 6.24. The molecule has 0 aliphatic carbocycles. The van der Waals surface area contributed by atoms with Crippen molar-refractivity contribution in [1.29, 1.82) is 0 Å². The predicted octanol–water partition coefficient (Wildman–Crippen LogP) is 1.55. The molecule has 0 unspecified atom stereocenters. The number of rotatable bonds is 2. The molecule has 0 atom stereocenters. The van der Waals surface area contributed by atoms with E-state index in [2.05, 4.69) is 0 Å². The summed E-state index contributed by atoms with van der Waals surface area (Å²) in [6.45, 7) is 1.98. The molecule has 1 aliphatic heterocycles. The lowest BCUT2D eigenvalue weighted by molar-refractivity contribution is -0.137. The number of esters is 2. The van der Waals surface area contributed by atoms with Crippen LogP contribution < -0.4 is 4.74 Å². The normalized spacial score (nSPS) is 15.8. The van der Waals surface area contributed by atoms with Gasteiger partial charge in [-0.05, 0) is 13.0 Å². The van der Waals surface area contributed by atoms with E-state index < -0.39 is 11.9 Å². The second-order valence-electron chi connectivity index (χ2n) is 3.20. The largest absolute Gasteiger partial charge is 0.463 e. The molecule has 0 fully saturated rings. The zero-order valence-corrected chi connectivity index (χ0v) is 8.73. The lowest BCUT2D eigenvalue weighted by atomic mass is 10.1. The molecule has 1 heterocycles. The van der Waals surface area contributed by atoms with Crippen molar-refractivity contribution < 1.29 is 19.1 Å². The molecule has 0 spiro atoms. The third-order valence-corrected chi connectivity index (χ3v) is 2.15. The number of benzene rings is 1. The standard InChI is InChI=1S/C12H10O4/c1-2-15-11(13)7-9-8-5-3-4-6-10(8)16-12(9)14/h3-7H,2H2,1H3/b9-7+. The van der Waals surface area contributed by atoms with Gasteiger partial charge in [0.25, 0.3) is 0 Å². The first-order chi connectivity index (χ1) is 7.72. The average Bonchev–Trinajstić information content (AvgIpc) is 2.56. The zero-order chi connectivity index (χ0) is 11.5. The molecule has 0 N–H and O–H groups in total. The van der Waals surface area contributed by atoms with Gasteiger partial charge in [-0.3, -0.25) is 0 Å². The second-order valence-corrected chi connectivity index (χ2v) is 3.20. The minimum Gasteiger partial charge on any atom is -0.463 e. The minimum absolute atomic E-state index is 0.244. The summed E-state index contributed by atoms with van der Waals surface area (Å²) >= 11 is 0. The molecule has 1 aromatic rings. The van der Waals surface area contributed by atoms with Gasteiger partial charge in [-0.15, -0.1) is 0 Å². The molecule has 16 heavy (non-hydrogen) atoms. The Morgan fingerprint density at radius 3 is 2.94 bits per heavy atom. The molecule has 82 valence electrons. The van der Waals surface area contributed by atoms with E-state index in [9.17, 15) is 9.59 Å². The van der Waals surface area contributed by atoms with E-state index in [0.29, 0.717) is 11.3 Å². The summed E-state index contributed by atoms with van der Waals surface area (Å²) < 4.78 is 9.73. The van der Waals surface area contributed by atoms with Crippen LogP contribution in [0.2, 0.25) is 0 Å². The van der Waals surface area contributed by atoms with E-state index in [1.165, 1.54) is 0 Å². The Hall–Kier alpha value is -2.10. The number of ether oxygens (including phenoxy) is 2. The summed E-state index contributed by atoms with van der Waals surface area (Å²) in [5.74, 6) is -0.580.